The summed E-state index contributed by atoms with van der Waals surface area (Å²) in [7, 11) is 0. The Balaban J connectivity index is 1.19. The van der Waals surface area contributed by atoms with Crippen LogP contribution in [-0.4, -0.2) is 47.8 Å². The lowest BCUT2D eigenvalue weighted by atomic mass is 9.87. The summed E-state index contributed by atoms with van der Waals surface area (Å²) in [4.78, 5) is 4.68. The van der Waals surface area contributed by atoms with E-state index in [1.807, 2.05) is 24.3 Å². The number of fused-ring (bicyclic) bond motifs is 1. The average molecular weight is 465 g/mol. The lowest BCUT2D eigenvalue weighted by Crippen LogP contribution is -2.46. The molecule has 0 aliphatic carbocycles. The highest BCUT2D eigenvalue weighted by molar-refractivity contribution is 5.90. The normalized spacial score (nSPS) is 14.9. The second kappa shape index (κ2) is 9.89. The van der Waals surface area contributed by atoms with Gasteiger partial charge in [-0.2, -0.15) is 5.10 Å². The number of piperazine rings is 1. The number of aromatic nitrogens is 2. The molecule has 1 aromatic heterocycles. The first-order chi connectivity index (χ1) is 16.6. The van der Waals surface area contributed by atoms with Crippen molar-refractivity contribution in [3.63, 3.8) is 0 Å². The van der Waals surface area contributed by atoms with Gasteiger partial charge in [0.2, 0.25) is 0 Å². The van der Waals surface area contributed by atoms with Crippen LogP contribution in [-0.2, 0) is 0 Å². The fourth-order valence-electron chi connectivity index (χ4n) is 4.84. The van der Waals surface area contributed by atoms with E-state index in [-0.39, 0.29) is 23.4 Å². The SMILES string of the molecule is Fc1ccc(C(CCCN2CCN(c3n[nH]c4cc(F)ccc34)CC2)c2ccc(F)cc2)cc1. The monoisotopic (exact) mass is 464 g/mol. The lowest BCUT2D eigenvalue weighted by molar-refractivity contribution is 0.251. The summed E-state index contributed by atoms with van der Waals surface area (Å²) in [5.41, 5.74) is 2.80. The number of rotatable bonds is 7. The molecule has 1 N–H and O–H groups in total. The molecule has 1 aliphatic rings. The van der Waals surface area contributed by atoms with Crippen molar-refractivity contribution in [3.05, 3.63) is 95.3 Å². The fourth-order valence-corrected chi connectivity index (χ4v) is 4.84. The van der Waals surface area contributed by atoms with Gasteiger partial charge < -0.3 is 4.90 Å². The van der Waals surface area contributed by atoms with Gasteiger partial charge in [0.05, 0.1) is 5.52 Å². The summed E-state index contributed by atoms with van der Waals surface area (Å²) < 4.78 is 40.4. The zero-order chi connectivity index (χ0) is 23.5. The number of H-pyrrole nitrogens is 1. The third kappa shape index (κ3) is 4.94. The smallest absolute Gasteiger partial charge is 0.158 e. The molecule has 7 heteroatoms. The van der Waals surface area contributed by atoms with Gasteiger partial charge >= 0.3 is 0 Å². The molecule has 0 amide bonds. The second-order valence-electron chi connectivity index (χ2n) is 8.86. The molecule has 2 heterocycles. The summed E-state index contributed by atoms with van der Waals surface area (Å²) in [6.45, 7) is 4.52. The van der Waals surface area contributed by atoms with Gasteiger partial charge in [0, 0.05) is 37.5 Å². The van der Waals surface area contributed by atoms with Gasteiger partial charge in [-0.3, -0.25) is 10.00 Å². The lowest BCUT2D eigenvalue weighted by Gasteiger charge is -2.35. The van der Waals surface area contributed by atoms with Gasteiger partial charge in [0.25, 0.3) is 0 Å². The van der Waals surface area contributed by atoms with Crippen LogP contribution >= 0.6 is 0 Å². The number of anilines is 1. The molecule has 1 saturated heterocycles. The zero-order valence-corrected chi connectivity index (χ0v) is 18.9. The third-order valence-corrected chi connectivity index (χ3v) is 6.69. The molecule has 34 heavy (non-hydrogen) atoms. The summed E-state index contributed by atoms with van der Waals surface area (Å²) >= 11 is 0. The maximum absolute atomic E-state index is 13.5. The average Bonchev–Trinajstić information content (AvgIpc) is 3.27. The highest BCUT2D eigenvalue weighted by atomic mass is 19.1. The van der Waals surface area contributed by atoms with E-state index in [1.165, 1.54) is 36.4 Å². The molecule has 0 bridgehead atoms. The van der Waals surface area contributed by atoms with E-state index in [1.54, 1.807) is 6.07 Å². The van der Waals surface area contributed by atoms with Crippen molar-refractivity contribution in [3.8, 4) is 0 Å². The van der Waals surface area contributed by atoms with Crippen LogP contribution in [0.2, 0.25) is 0 Å². The van der Waals surface area contributed by atoms with Gasteiger partial charge in [0.1, 0.15) is 17.5 Å². The van der Waals surface area contributed by atoms with E-state index in [4.69, 9.17) is 0 Å². The maximum Gasteiger partial charge on any atom is 0.158 e. The van der Waals surface area contributed by atoms with Gasteiger partial charge in [0.15, 0.2) is 5.82 Å². The largest absolute Gasteiger partial charge is 0.352 e. The van der Waals surface area contributed by atoms with Crippen molar-refractivity contribution in [2.45, 2.75) is 18.8 Å². The molecule has 4 aromatic rings. The molecule has 5 rings (SSSR count). The summed E-state index contributed by atoms with van der Waals surface area (Å²) in [6.07, 6.45) is 1.87. The van der Waals surface area contributed by atoms with E-state index >= 15 is 0 Å². The molecule has 4 nitrogen and oxygen atoms in total. The van der Waals surface area contributed by atoms with Crippen LogP contribution in [0, 0.1) is 17.5 Å². The number of benzene rings is 3. The van der Waals surface area contributed by atoms with Crippen LogP contribution in [0.25, 0.3) is 10.9 Å². The molecule has 0 spiro atoms. The summed E-state index contributed by atoms with van der Waals surface area (Å²) in [5, 5.41) is 8.28. The molecule has 0 saturated carbocycles. The third-order valence-electron chi connectivity index (χ3n) is 6.69. The highest BCUT2D eigenvalue weighted by Gasteiger charge is 2.21. The Morgan fingerprint density at radius 3 is 1.97 bits per heavy atom. The topological polar surface area (TPSA) is 35.2 Å². The fraction of sp³-hybridized carbons (Fsp3) is 0.296. The molecular formula is C27H27F3N4. The van der Waals surface area contributed by atoms with E-state index in [9.17, 15) is 13.2 Å². The summed E-state index contributed by atoms with van der Waals surface area (Å²) in [6, 6.07) is 17.9. The molecule has 1 aliphatic heterocycles. The van der Waals surface area contributed by atoms with Gasteiger partial charge in [-0.05, 0) is 73.0 Å². The second-order valence-corrected chi connectivity index (χ2v) is 8.86. The Kier molecular flexibility index (Phi) is 6.54. The van der Waals surface area contributed by atoms with Crippen LogP contribution in [0.4, 0.5) is 19.0 Å². The van der Waals surface area contributed by atoms with Crippen molar-refractivity contribution in [1.82, 2.24) is 15.1 Å². The van der Waals surface area contributed by atoms with Crippen LogP contribution in [0.5, 0.6) is 0 Å². The van der Waals surface area contributed by atoms with Gasteiger partial charge in [-0.1, -0.05) is 24.3 Å². The van der Waals surface area contributed by atoms with E-state index in [0.717, 1.165) is 67.9 Å². The number of hydrogen-bond donors (Lipinski definition) is 1. The number of aromatic amines is 1. The maximum atomic E-state index is 13.5. The first-order valence-electron chi connectivity index (χ1n) is 11.7. The Labute approximate surface area is 197 Å². The number of halogens is 3. The number of nitrogens with zero attached hydrogens (tertiary/aromatic N) is 3. The van der Waals surface area contributed by atoms with Crippen LogP contribution in [0.15, 0.2) is 66.7 Å². The highest BCUT2D eigenvalue weighted by Crippen LogP contribution is 2.30. The molecule has 176 valence electrons. The molecule has 3 aromatic carbocycles. The first-order valence-corrected chi connectivity index (χ1v) is 11.7. The standard InChI is InChI=1S/C27H27F3N4/c28-21-7-3-19(4-8-21)24(20-5-9-22(29)10-6-20)2-1-13-33-14-16-34(17-15-33)27-25-12-11-23(30)18-26(25)31-32-27/h3-12,18,24H,1-2,13-17H2,(H,31,32). The predicted molar refractivity (Wildman–Crippen MR) is 129 cm³/mol. The Morgan fingerprint density at radius 1 is 0.765 bits per heavy atom. The Bertz CT molecular complexity index is 1180. The molecular weight excluding hydrogens is 437 g/mol. The van der Waals surface area contributed by atoms with Gasteiger partial charge in [-0.15, -0.1) is 0 Å². The first kappa shape index (κ1) is 22.5. The quantitative estimate of drug-likeness (QED) is 0.380. The Hall–Kier alpha value is -3.32. The van der Waals surface area contributed by atoms with Crippen LogP contribution < -0.4 is 4.90 Å². The minimum Gasteiger partial charge on any atom is -0.352 e. The minimum atomic E-state index is -0.271. The van der Waals surface area contributed by atoms with Crippen LogP contribution in [0.1, 0.15) is 29.9 Å². The molecule has 0 atom stereocenters. The van der Waals surface area contributed by atoms with Crippen molar-refractivity contribution in [1.29, 1.82) is 0 Å². The molecule has 1 fully saturated rings. The number of hydrogen-bond acceptors (Lipinski definition) is 3. The van der Waals surface area contributed by atoms with Crippen molar-refractivity contribution >= 4 is 16.7 Å². The van der Waals surface area contributed by atoms with Crippen molar-refractivity contribution < 1.29 is 13.2 Å². The van der Waals surface area contributed by atoms with Crippen molar-refractivity contribution in [2.24, 2.45) is 0 Å². The van der Waals surface area contributed by atoms with Gasteiger partial charge in [-0.25, -0.2) is 13.2 Å². The number of nitrogens with one attached hydrogen (secondary N) is 1. The Morgan fingerprint density at radius 2 is 1.35 bits per heavy atom. The van der Waals surface area contributed by atoms with E-state index in [2.05, 4.69) is 20.0 Å². The zero-order valence-electron chi connectivity index (χ0n) is 18.9. The van der Waals surface area contributed by atoms with Crippen molar-refractivity contribution in [2.75, 3.05) is 37.6 Å². The summed E-state index contributed by atoms with van der Waals surface area (Å²) in [5.74, 6) is 0.191. The van der Waals surface area contributed by atoms with E-state index in [0.29, 0.717) is 5.52 Å². The molecule has 0 unspecified atom stereocenters. The molecule has 0 radical (unpaired) electrons. The van der Waals surface area contributed by atoms with Crippen LogP contribution in [0.3, 0.4) is 0 Å². The predicted octanol–water partition coefficient (Wildman–Crippen LogP) is 5.71. The minimum absolute atomic E-state index is 0.0957. The van der Waals surface area contributed by atoms with E-state index < -0.39 is 0 Å².